The normalized spacial score (nSPS) is 12.0. The number of hydrogen-bond acceptors (Lipinski definition) is 5. The molecule has 0 spiro atoms. The number of allylic oxidation sites excluding steroid dienone is 7. The number of aromatic nitrogens is 1. The molecule has 0 bridgehead atoms. The average Bonchev–Trinajstić information content (AvgIpc) is 2.83. The lowest BCUT2D eigenvalue weighted by Crippen LogP contribution is -2.23. The molecule has 0 saturated heterocycles. The number of amidine groups is 1. The summed E-state index contributed by atoms with van der Waals surface area (Å²) < 4.78 is 21.2. The van der Waals surface area contributed by atoms with Crippen LogP contribution in [0.2, 0.25) is 0 Å². The molecule has 1 heterocycles. The Morgan fingerprint density at radius 1 is 1.22 bits per heavy atom. The van der Waals surface area contributed by atoms with Gasteiger partial charge in [-0.1, -0.05) is 49.6 Å². The molecule has 0 atom stereocenters. The Kier molecular flexibility index (Phi) is 10.5. The maximum absolute atomic E-state index is 15.0. The van der Waals surface area contributed by atoms with Crippen molar-refractivity contribution in [3.05, 3.63) is 112 Å². The highest BCUT2D eigenvalue weighted by Gasteiger charge is 2.23. The molecule has 1 aromatic heterocycles. The van der Waals surface area contributed by atoms with Crippen molar-refractivity contribution in [1.82, 2.24) is 4.98 Å². The summed E-state index contributed by atoms with van der Waals surface area (Å²) in [5.41, 5.74) is 8.24. The number of anilines is 2. The van der Waals surface area contributed by atoms with Crippen LogP contribution in [0.5, 0.6) is 11.5 Å². The third-order valence-corrected chi connectivity index (χ3v) is 5.93. The number of halogens is 2. The maximum Gasteiger partial charge on any atom is 0.196 e. The number of benzene rings is 1. The van der Waals surface area contributed by atoms with Gasteiger partial charge in [0.25, 0.3) is 0 Å². The molecule has 6 nitrogen and oxygen atoms in total. The molecule has 8 heteroatoms. The van der Waals surface area contributed by atoms with Gasteiger partial charge in [0.1, 0.15) is 17.4 Å². The van der Waals surface area contributed by atoms with Gasteiger partial charge < -0.3 is 15.8 Å². The van der Waals surface area contributed by atoms with E-state index in [-0.39, 0.29) is 17.4 Å². The highest BCUT2D eigenvalue weighted by molar-refractivity contribution is 14.1. The first-order valence-electron chi connectivity index (χ1n) is 10.9. The monoisotopic (exact) mass is 598 g/mol. The average molecular weight is 598 g/mol. The Bertz CT molecular complexity index is 1320. The van der Waals surface area contributed by atoms with Crippen molar-refractivity contribution in [3.63, 3.8) is 0 Å². The zero-order chi connectivity index (χ0) is 26.8. The molecule has 36 heavy (non-hydrogen) atoms. The van der Waals surface area contributed by atoms with Gasteiger partial charge in [-0.2, -0.15) is 0 Å². The Morgan fingerprint density at radius 2 is 1.94 bits per heavy atom. The smallest absolute Gasteiger partial charge is 0.196 e. The number of carbonyl (C=O) groups excluding carboxylic acids is 1. The van der Waals surface area contributed by atoms with Crippen molar-refractivity contribution < 1.29 is 13.9 Å². The minimum Gasteiger partial charge on any atom is -0.453 e. The van der Waals surface area contributed by atoms with Gasteiger partial charge in [-0.15, -0.1) is 0 Å². The van der Waals surface area contributed by atoms with Crippen LogP contribution in [0.15, 0.2) is 108 Å². The molecule has 0 fully saturated rings. The molecule has 0 saturated carbocycles. The van der Waals surface area contributed by atoms with E-state index >= 15 is 0 Å². The number of nitrogens with zero attached hydrogens (tertiary/aromatic N) is 2. The van der Waals surface area contributed by atoms with Gasteiger partial charge in [-0.05, 0) is 61.1 Å². The van der Waals surface area contributed by atoms with Gasteiger partial charge >= 0.3 is 0 Å². The Balaban J connectivity index is 2.43. The van der Waals surface area contributed by atoms with Crippen LogP contribution in [0, 0.1) is 9.39 Å². The second-order valence-corrected chi connectivity index (χ2v) is 8.59. The van der Waals surface area contributed by atoms with Crippen LogP contribution in [-0.4, -0.2) is 16.6 Å². The highest BCUT2D eigenvalue weighted by atomic mass is 127. The molecule has 0 radical (unpaired) electrons. The second kappa shape index (κ2) is 13.3. The predicted molar refractivity (Wildman–Crippen MR) is 155 cm³/mol. The van der Waals surface area contributed by atoms with Gasteiger partial charge in [-0.25, -0.2) is 14.4 Å². The number of aliphatic imine (C=N–C) groups is 1. The van der Waals surface area contributed by atoms with Gasteiger partial charge in [0.15, 0.2) is 17.3 Å². The fraction of sp³-hybridized carbons (Fsp3) is 0.107. The van der Waals surface area contributed by atoms with Gasteiger partial charge in [-0.3, -0.25) is 4.79 Å². The number of pyridine rings is 1. The molecule has 0 aliphatic carbocycles. The number of hydrogen-bond donors (Lipinski definition) is 2. The summed E-state index contributed by atoms with van der Waals surface area (Å²) in [6, 6.07) is 5.94. The summed E-state index contributed by atoms with van der Waals surface area (Å²) in [6.45, 7) is 16.5. The molecule has 2 aromatic rings. The summed E-state index contributed by atoms with van der Waals surface area (Å²) in [7, 11) is 0. The van der Waals surface area contributed by atoms with E-state index in [4.69, 9.17) is 10.5 Å². The minimum atomic E-state index is -0.619. The predicted octanol–water partition coefficient (Wildman–Crippen LogP) is 7.30. The number of nitrogens with two attached hydrogens (primary N) is 1. The van der Waals surface area contributed by atoms with Crippen LogP contribution in [0.1, 0.15) is 20.8 Å². The molecular formula is C28H28FIN4O2. The summed E-state index contributed by atoms with van der Waals surface area (Å²) >= 11 is 1.99. The number of nitrogen functional groups attached to an aromatic ring is 1. The zero-order valence-corrected chi connectivity index (χ0v) is 22.6. The zero-order valence-electron chi connectivity index (χ0n) is 20.4. The van der Waals surface area contributed by atoms with E-state index < -0.39 is 5.82 Å². The Morgan fingerprint density at radius 3 is 2.50 bits per heavy atom. The first kappa shape index (κ1) is 28.4. The van der Waals surface area contributed by atoms with Crippen molar-refractivity contribution in [2.75, 3.05) is 11.1 Å². The summed E-state index contributed by atoms with van der Waals surface area (Å²) in [5, 5.41) is 3.04. The van der Waals surface area contributed by atoms with E-state index in [0.29, 0.717) is 43.1 Å². The topological polar surface area (TPSA) is 89.6 Å². The highest BCUT2D eigenvalue weighted by Crippen LogP contribution is 2.32. The van der Waals surface area contributed by atoms with Crippen molar-refractivity contribution in [2.24, 2.45) is 4.99 Å². The SMILES string of the molecule is C=C/C=C(C=C)/C(=C/C)C(=O)C(=C(C)C)/C(=N\C=C)Nc1ccc(Oc2ccnc(N)c2I)c(F)c1. The molecule has 3 N–H and O–H groups in total. The van der Waals surface area contributed by atoms with Gasteiger partial charge in [0.05, 0.1) is 9.14 Å². The number of nitrogens with one attached hydrogen (secondary N) is 1. The first-order chi connectivity index (χ1) is 17.2. The summed E-state index contributed by atoms with van der Waals surface area (Å²) in [4.78, 5) is 21.8. The van der Waals surface area contributed by atoms with Crippen molar-refractivity contribution in [1.29, 1.82) is 0 Å². The van der Waals surface area contributed by atoms with Crippen molar-refractivity contribution in [3.8, 4) is 11.5 Å². The third-order valence-electron chi connectivity index (χ3n) is 4.84. The maximum atomic E-state index is 15.0. The quantitative estimate of drug-likeness (QED) is 0.0985. The van der Waals surface area contributed by atoms with E-state index in [1.54, 1.807) is 57.2 Å². The number of Topliss-reactive ketones (excluding diaryl/α,β-unsaturated/α-hetero) is 1. The largest absolute Gasteiger partial charge is 0.453 e. The van der Waals surface area contributed by atoms with E-state index in [9.17, 15) is 9.18 Å². The molecule has 0 unspecified atom stereocenters. The van der Waals surface area contributed by atoms with Crippen LogP contribution < -0.4 is 15.8 Å². The lowest BCUT2D eigenvalue weighted by atomic mass is 9.92. The first-order valence-corrected chi connectivity index (χ1v) is 11.9. The molecule has 186 valence electrons. The lowest BCUT2D eigenvalue weighted by molar-refractivity contribution is -0.111. The molecular weight excluding hydrogens is 570 g/mol. The Hall–Kier alpha value is -3.79. The summed E-state index contributed by atoms with van der Waals surface area (Å²) in [6.07, 6.45) is 9.37. The number of carbonyl (C=O) groups is 1. The molecule has 1 aromatic carbocycles. The fourth-order valence-corrected chi connectivity index (χ4v) is 3.65. The van der Waals surface area contributed by atoms with E-state index in [1.807, 2.05) is 22.6 Å². The minimum absolute atomic E-state index is 0.00572. The molecule has 0 aliphatic heterocycles. The summed E-state index contributed by atoms with van der Waals surface area (Å²) in [5.74, 6) is 0.0136. The van der Waals surface area contributed by atoms with Crippen LogP contribution in [-0.2, 0) is 4.79 Å². The third kappa shape index (κ3) is 6.88. The van der Waals surface area contributed by atoms with E-state index in [2.05, 4.69) is 35.0 Å². The molecule has 0 aliphatic rings. The van der Waals surface area contributed by atoms with Gasteiger partial charge in [0.2, 0.25) is 0 Å². The van der Waals surface area contributed by atoms with Crippen LogP contribution >= 0.6 is 22.6 Å². The number of ether oxygens (including phenoxy) is 1. The van der Waals surface area contributed by atoms with Crippen molar-refractivity contribution in [2.45, 2.75) is 20.8 Å². The second-order valence-electron chi connectivity index (χ2n) is 7.51. The number of ketones is 1. The molecule has 0 amide bonds. The van der Waals surface area contributed by atoms with Crippen LogP contribution in [0.4, 0.5) is 15.9 Å². The standard InChI is InChI=1S/C28H28FIN4O2/c1-7-11-18(8-2)20(9-3)26(35)24(17(5)6)28(32-10-4)34-19-12-13-22(21(29)16-19)36-23-14-15-33-27(31)25(23)30/h7-16H,1-2,4H2,3,5-6H3,(H2,31,33)(H,32,34)/b18-11+,20-9-. The van der Waals surface area contributed by atoms with Crippen molar-refractivity contribution >= 4 is 45.7 Å². The lowest BCUT2D eigenvalue weighted by Gasteiger charge is -2.17. The van der Waals surface area contributed by atoms with Crippen LogP contribution in [0.25, 0.3) is 0 Å². The molecule has 2 rings (SSSR count). The van der Waals surface area contributed by atoms with Gasteiger partial charge in [0, 0.05) is 35.8 Å². The van der Waals surface area contributed by atoms with Crippen LogP contribution in [0.3, 0.4) is 0 Å². The Labute approximate surface area is 224 Å². The van der Waals surface area contributed by atoms with E-state index in [1.165, 1.54) is 24.5 Å². The van der Waals surface area contributed by atoms with E-state index in [0.717, 1.165) is 0 Å². The number of rotatable bonds is 10. The fourth-order valence-electron chi connectivity index (χ4n) is 3.22.